The molecular weight excluding hydrogens is 293 g/mol. The van der Waals surface area contributed by atoms with Crippen LogP contribution in [0.2, 0.25) is 10.0 Å². The van der Waals surface area contributed by atoms with Crippen molar-refractivity contribution in [2.45, 2.75) is 12.5 Å². The fourth-order valence-electron chi connectivity index (χ4n) is 1.50. The average molecular weight is 303 g/mol. The van der Waals surface area contributed by atoms with Crippen molar-refractivity contribution in [2.24, 2.45) is 0 Å². The molecular formula is C13H10Cl3NO. The van der Waals surface area contributed by atoms with Crippen molar-refractivity contribution in [3.63, 3.8) is 0 Å². The number of nitrogens with zero attached hydrogens (tertiary/aromatic N) is 1. The molecule has 0 fully saturated rings. The number of halogens is 3. The maximum Gasteiger partial charge on any atom is 0.142 e. The van der Waals surface area contributed by atoms with E-state index in [0.29, 0.717) is 22.4 Å². The zero-order valence-corrected chi connectivity index (χ0v) is 11.6. The van der Waals surface area contributed by atoms with E-state index in [4.69, 9.17) is 39.5 Å². The largest absolute Gasteiger partial charge is 0.485 e. The Hall–Kier alpha value is -0.960. The van der Waals surface area contributed by atoms with Crippen LogP contribution in [0.5, 0.6) is 5.75 Å². The molecule has 0 aliphatic heterocycles. The Balaban J connectivity index is 2.19. The molecule has 0 spiro atoms. The highest BCUT2D eigenvalue weighted by Crippen LogP contribution is 2.33. The van der Waals surface area contributed by atoms with Crippen molar-refractivity contribution in [3.8, 4) is 5.75 Å². The minimum atomic E-state index is 0.290. The second kappa shape index (κ2) is 6.28. The second-order valence-electron chi connectivity index (χ2n) is 3.62. The van der Waals surface area contributed by atoms with Crippen molar-refractivity contribution in [3.05, 3.63) is 57.8 Å². The highest BCUT2D eigenvalue weighted by atomic mass is 35.5. The number of pyridine rings is 1. The Morgan fingerprint density at radius 3 is 2.67 bits per heavy atom. The van der Waals surface area contributed by atoms with Gasteiger partial charge in [-0.25, -0.2) is 0 Å². The van der Waals surface area contributed by atoms with Crippen LogP contribution in [0, 0.1) is 0 Å². The molecule has 5 heteroatoms. The van der Waals surface area contributed by atoms with E-state index in [1.807, 2.05) is 18.2 Å². The van der Waals surface area contributed by atoms with E-state index < -0.39 is 0 Å². The van der Waals surface area contributed by atoms with Crippen LogP contribution in [0.3, 0.4) is 0 Å². The van der Waals surface area contributed by atoms with Gasteiger partial charge in [-0.3, -0.25) is 4.98 Å². The molecule has 2 nitrogen and oxygen atoms in total. The van der Waals surface area contributed by atoms with Crippen LogP contribution >= 0.6 is 34.8 Å². The van der Waals surface area contributed by atoms with Crippen molar-refractivity contribution >= 4 is 34.8 Å². The SMILES string of the molecule is ClCc1cc(Cl)cc(Cl)c1OCc1ccccn1. The van der Waals surface area contributed by atoms with Gasteiger partial charge in [-0.15, -0.1) is 11.6 Å². The van der Waals surface area contributed by atoms with Gasteiger partial charge in [-0.05, 0) is 24.3 Å². The topological polar surface area (TPSA) is 22.1 Å². The van der Waals surface area contributed by atoms with Gasteiger partial charge in [0.05, 0.1) is 16.6 Å². The van der Waals surface area contributed by atoms with Crippen LogP contribution in [-0.2, 0) is 12.5 Å². The minimum Gasteiger partial charge on any atom is -0.485 e. The van der Waals surface area contributed by atoms with Gasteiger partial charge in [0.1, 0.15) is 12.4 Å². The van der Waals surface area contributed by atoms with E-state index >= 15 is 0 Å². The third-order valence-corrected chi connectivity index (χ3v) is 3.11. The Morgan fingerprint density at radius 2 is 2.00 bits per heavy atom. The first kappa shape index (κ1) is 13.5. The summed E-state index contributed by atoms with van der Waals surface area (Å²) in [6.07, 6.45) is 1.71. The average Bonchev–Trinajstić information content (AvgIpc) is 2.38. The highest BCUT2D eigenvalue weighted by Gasteiger charge is 2.10. The Morgan fingerprint density at radius 1 is 1.17 bits per heavy atom. The van der Waals surface area contributed by atoms with E-state index in [2.05, 4.69) is 4.98 Å². The summed E-state index contributed by atoms with van der Waals surface area (Å²) in [5, 5.41) is 0.995. The van der Waals surface area contributed by atoms with Gasteiger partial charge in [0.2, 0.25) is 0 Å². The Bertz CT molecular complexity index is 531. The molecule has 0 radical (unpaired) electrons. The first-order valence-electron chi connectivity index (χ1n) is 5.27. The third kappa shape index (κ3) is 3.29. The Kier molecular flexibility index (Phi) is 4.70. The van der Waals surface area contributed by atoms with Crippen LogP contribution < -0.4 is 4.74 Å². The van der Waals surface area contributed by atoms with Crippen molar-refractivity contribution in [1.29, 1.82) is 0 Å². The molecule has 0 unspecified atom stereocenters. The number of aromatic nitrogens is 1. The zero-order valence-electron chi connectivity index (χ0n) is 9.37. The number of alkyl halides is 1. The molecule has 18 heavy (non-hydrogen) atoms. The number of hydrogen-bond acceptors (Lipinski definition) is 2. The minimum absolute atomic E-state index is 0.290. The molecule has 2 rings (SSSR count). The molecule has 0 atom stereocenters. The monoisotopic (exact) mass is 301 g/mol. The lowest BCUT2D eigenvalue weighted by molar-refractivity contribution is 0.299. The van der Waals surface area contributed by atoms with E-state index in [1.165, 1.54) is 0 Å². The lowest BCUT2D eigenvalue weighted by atomic mass is 10.2. The lowest BCUT2D eigenvalue weighted by Crippen LogP contribution is -2.00. The quantitative estimate of drug-likeness (QED) is 0.763. The molecule has 0 N–H and O–H groups in total. The number of rotatable bonds is 4. The van der Waals surface area contributed by atoms with E-state index in [0.717, 1.165) is 11.3 Å². The highest BCUT2D eigenvalue weighted by molar-refractivity contribution is 6.35. The van der Waals surface area contributed by atoms with Crippen molar-refractivity contribution in [1.82, 2.24) is 4.98 Å². The zero-order chi connectivity index (χ0) is 13.0. The van der Waals surface area contributed by atoms with Crippen molar-refractivity contribution in [2.75, 3.05) is 0 Å². The summed E-state index contributed by atoms with van der Waals surface area (Å²) < 4.78 is 5.66. The molecule has 0 aliphatic carbocycles. The summed E-state index contributed by atoms with van der Waals surface area (Å²) in [7, 11) is 0. The van der Waals surface area contributed by atoms with Crippen LogP contribution in [-0.4, -0.2) is 4.98 Å². The lowest BCUT2D eigenvalue weighted by Gasteiger charge is -2.12. The summed E-state index contributed by atoms with van der Waals surface area (Å²) in [5.41, 5.74) is 1.59. The molecule has 0 saturated carbocycles. The van der Waals surface area contributed by atoms with Gasteiger partial charge in [-0.2, -0.15) is 0 Å². The van der Waals surface area contributed by atoms with Gasteiger partial charge >= 0.3 is 0 Å². The smallest absolute Gasteiger partial charge is 0.142 e. The molecule has 1 aromatic carbocycles. The van der Waals surface area contributed by atoms with Crippen LogP contribution in [0.4, 0.5) is 0 Å². The summed E-state index contributed by atoms with van der Waals surface area (Å²) in [5.74, 6) is 0.847. The molecule has 2 aromatic rings. The number of ether oxygens (including phenoxy) is 1. The summed E-state index contributed by atoms with van der Waals surface area (Å²) in [6, 6.07) is 9.01. The second-order valence-corrected chi connectivity index (χ2v) is 4.73. The predicted octanol–water partition coefficient (Wildman–Crippen LogP) is 4.71. The molecule has 1 aromatic heterocycles. The van der Waals surface area contributed by atoms with E-state index in [-0.39, 0.29) is 5.88 Å². The molecule has 94 valence electrons. The predicted molar refractivity (Wildman–Crippen MR) is 74.6 cm³/mol. The number of hydrogen-bond donors (Lipinski definition) is 0. The summed E-state index contributed by atoms with van der Waals surface area (Å²) in [4.78, 5) is 4.17. The molecule has 0 aliphatic rings. The molecule has 1 heterocycles. The standard InChI is InChI=1S/C13H10Cl3NO/c14-7-9-5-10(15)6-12(16)13(9)18-8-11-3-1-2-4-17-11/h1-6H,7-8H2. The Labute approximate surface area is 120 Å². The number of benzene rings is 1. The van der Waals surface area contributed by atoms with Crippen LogP contribution in [0.1, 0.15) is 11.3 Å². The van der Waals surface area contributed by atoms with Crippen LogP contribution in [0.15, 0.2) is 36.5 Å². The van der Waals surface area contributed by atoms with Gasteiger partial charge in [0.25, 0.3) is 0 Å². The normalized spacial score (nSPS) is 10.4. The maximum atomic E-state index is 6.09. The molecule has 0 amide bonds. The van der Waals surface area contributed by atoms with Gasteiger partial charge < -0.3 is 4.74 Å². The van der Waals surface area contributed by atoms with Gasteiger partial charge in [-0.1, -0.05) is 29.3 Å². The maximum absolute atomic E-state index is 6.09. The molecule has 0 saturated heterocycles. The summed E-state index contributed by atoms with van der Waals surface area (Å²) in [6.45, 7) is 0.339. The summed E-state index contributed by atoms with van der Waals surface area (Å²) >= 11 is 17.8. The van der Waals surface area contributed by atoms with E-state index in [9.17, 15) is 0 Å². The fraction of sp³-hybridized carbons (Fsp3) is 0.154. The van der Waals surface area contributed by atoms with Gasteiger partial charge in [0, 0.05) is 16.8 Å². The fourth-order valence-corrected chi connectivity index (χ4v) is 2.29. The molecule has 0 bridgehead atoms. The first-order chi connectivity index (χ1) is 8.70. The van der Waals surface area contributed by atoms with Crippen LogP contribution in [0.25, 0.3) is 0 Å². The van der Waals surface area contributed by atoms with E-state index in [1.54, 1.807) is 18.3 Å². The van der Waals surface area contributed by atoms with Crippen molar-refractivity contribution < 1.29 is 4.74 Å². The first-order valence-corrected chi connectivity index (χ1v) is 6.56. The third-order valence-electron chi connectivity index (χ3n) is 2.32. The van der Waals surface area contributed by atoms with Gasteiger partial charge in [0.15, 0.2) is 0 Å².